The monoisotopic (exact) mass is 174 g/mol. The number of para-hydroxylation sites is 1. The standard InChI is InChI=1S/C12H14O/c1-10(2)8-9-11-6-4-5-7-12(11)13-3/h4-9H,1H2,2-3H3/b9-8+. The van der Waals surface area contributed by atoms with E-state index in [2.05, 4.69) is 6.58 Å². The number of methoxy groups -OCH3 is 1. The zero-order chi connectivity index (χ0) is 9.68. The number of hydrogen-bond acceptors (Lipinski definition) is 1. The SMILES string of the molecule is C=C(C)/C=C/c1ccccc1OC. The van der Waals surface area contributed by atoms with E-state index < -0.39 is 0 Å². The smallest absolute Gasteiger partial charge is 0.126 e. The Bertz CT molecular complexity index is 324. The van der Waals surface area contributed by atoms with Gasteiger partial charge in [-0.3, -0.25) is 0 Å². The van der Waals surface area contributed by atoms with Crippen molar-refractivity contribution in [3.8, 4) is 5.75 Å². The van der Waals surface area contributed by atoms with Gasteiger partial charge in [0.05, 0.1) is 7.11 Å². The summed E-state index contributed by atoms with van der Waals surface area (Å²) in [6.07, 6.45) is 3.97. The molecule has 0 saturated heterocycles. The second kappa shape index (κ2) is 4.51. The van der Waals surface area contributed by atoms with Crippen LogP contribution in [0, 0.1) is 0 Å². The van der Waals surface area contributed by atoms with Crippen LogP contribution >= 0.6 is 0 Å². The van der Waals surface area contributed by atoms with Crippen LogP contribution in [0.15, 0.2) is 42.5 Å². The Morgan fingerprint density at radius 3 is 2.69 bits per heavy atom. The molecule has 0 aliphatic carbocycles. The highest BCUT2D eigenvalue weighted by Gasteiger charge is 1.95. The van der Waals surface area contributed by atoms with Gasteiger partial charge < -0.3 is 4.74 Å². The van der Waals surface area contributed by atoms with Crippen LogP contribution in [0.2, 0.25) is 0 Å². The van der Waals surface area contributed by atoms with Crippen molar-refractivity contribution in [2.24, 2.45) is 0 Å². The van der Waals surface area contributed by atoms with Crippen molar-refractivity contribution in [2.75, 3.05) is 7.11 Å². The molecule has 1 rings (SSSR count). The summed E-state index contributed by atoms with van der Waals surface area (Å²) in [5.74, 6) is 0.889. The van der Waals surface area contributed by atoms with Crippen LogP contribution in [0.5, 0.6) is 5.75 Å². The van der Waals surface area contributed by atoms with Crippen molar-refractivity contribution in [3.05, 3.63) is 48.1 Å². The predicted octanol–water partition coefficient (Wildman–Crippen LogP) is 3.28. The van der Waals surface area contributed by atoms with Gasteiger partial charge in [0.2, 0.25) is 0 Å². The zero-order valence-corrected chi connectivity index (χ0v) is 8.08. The summed E-state index contributed by atoms with van der Waals surface area (Å²) in [6.45, 7) is 5.76. The lowest BCUT2D eigenvalue weighted by Crippen LogP contribution is -1.85. The van der Waals surface area contributed by atoms with Crippen molar-refractivity contribution >= 4 is 6.08 Å². The molecule has 1 aromatic rings. The molecule has 0 bridgehead atoms. The number of ether oxygens (including phenoxy) is 1. The van der Waals surface area contributed by atoms with Crippen LogP contribution in [0.25, 0.3) is 6.08 Å². The van der Waals surface area contributed by atoms with E-state index in [4.69, 9.17) is 4.74 Å². The van der Waals surface area contributed by atoms with E-state index in [0.717, 1.165) is 16.9 Å². The van der Waals surface area contributed by atoms with Crippen LogP contribution in [0.1, 0.15) is 12.5 Å². The third-order valence-electron chi connectivity index (χ3n) is 1.69. The normalized spacial score (nSPS) is 10.3. The number of rotatable bonds is 3. The second-order valence-corrected chi connectivity index (χ2v) is 2.92. The van der Waals surface area contributed by atoms with Crippen LogP contribution in [0.3, 0.4) is 0 Å². The maximum atomic E-state index is 5.20. The Balaban J connectivity index is 2.93. The third-order valence-corrected chi connectivity index (χ3v) is 1.69. The Kier molecular flexibility index (Phi) is 3.32. The first-order chi connectivity index (χ1) is 6.24. The first kappa shape index (κ1) is 9.59. The van der Waals surface area contributed by atoms with Crippen LogP contribution in [-0.2, 0) is 0 Å². The van der Waals surface area contributed by atoms with Gasteiger partial charge in [0.25, 0.3) is 0 Å². The van der Waals surface area contributed by atoms with Crippen molar-refractivity contribution in [2.45, 2.75) is 6.92 Å². The molecule has 0 aliphatic rings. The van der Waals surface area contributed by atoms with Gasteiger partial charge in [0.15, 0.2) is 0 Å². The minimum atomic E-state index is 0.889. The van der Waals surface area contributed by atoms with E-state index in [1.807, 2.05) is 43.3 Å². The van der Waals surface area contributed by atoms with Gasteiger partial charge in [-0.1, -0.05) is 42.5 Å². The first-order valence-electron chi connectivity index (χ1n) is 4.20. The molecule has 1 heteroatoms. The lowest BCUT2D eigenvalue weighted by atomic mass is 10.1. The van der Waals surface area contributed by atoms with Crippen molar-refractivity contribution in [1.29, 1.82) is 0 Å². The number of allylic oxidation sites excluding steroid dienone is 2. The van der Waals surface area contributed by atoms with Gasteiger partial charge in [-0.15, -0.1) is 0 Å². The topological polar surface area (TPSA) is 9.23 Å². The Hall–Kier alpha value is -1.50. The van der Waals surface area contributed by atoms with Gasteiger partial charge in [-0.2, -0.15) is 0 Å². The molecule has 1 nitrogen and oxygen atoms in total. The molecule has 0 saturated carbocycles. The summed E-state index contributed by atoms with van der Waals surface area (Å²) in [4.78, 5) is 0. The number of hydrogen-bond donors (Lipinski definition) is 0. The first-order valence-corrected chi connectivity index (χ1v) is 4.20. The van der Waals surface area contributed by atoms with Crippen LogP contribution < -0.4 is 4.74 Å². The van der Waals surface area contributed by atoms with E-state index in [1.54, 1.807) is 7.11 Å². The number of benzene rings is 1. The molecule has 13 heavy (non-hydrogen) atoms. The molecule has 0 aromatic heterocycles. The van der Waals surface area contributed by atoms with Gasteiger partial charge in [-0.25, -0.2) is 0 Å². The Morgan fingerprint density at radius 1 is 1.38 bits per heavy atom. The van der Waals surface area contributed by atoms with Crippen molar-refractivity contribution < 1.29 is 4.74 Å². The molecular weight excluding hydrogens is 160 g/mol. The van der Waals surface area contributed by atoms with Gasteiger partial charge in [0, 0.05) is 5.56 Å². The predicted molar refractivity (Wildman–Crippen MR) is 56.8 cm³/mol. The average molecular weight is 174 g/mol. The summed E-state index contributed by atoms with van der Waals surface area (Å²) in [5, 5.41) is 0. The molecule has 0 radical (unpaired) electrons. The van der Waals surface area contributed by atoms with Gasteiger partial charge >= 0.3 is 0 Å². The van der Waals surface area contributed by atoms with Crippen LogP contribution in [0.4, 0.5) is 0 Å². The van der Waals surface area contributed by atoms with E-state index in [1.165, 1.54) is 0 Å². The summed E-state index contributed by atoms with van der Waals surface area (Å²) in [6, 6.07) is 7.90. The highest BCUT2D eigenvalue weighted by atomic mass is 16.5. The molecule has 68 valence electrons. The molecule has 0 N–H and O–H groups in total. The van der Waals surface area contributed by atoms with Gasteiger partial charge in [0.1, 0.15) is 5.75 Å². The Morgan fingerprint density at radius 2 is 2.08 bits per heavy atom. The highest BCUT2D eigenvalue weighted by Crippen LogP contribution is 2.18. The Labute approximate surface area is 79.4 Å². The minimum Gasteiger partial charge on any atom is -0.496 e. The van der Waals surface area contributed by atoms with Crippen LogP contribution in [-0.4, -0.2) is 7.11 Å². The quantitative estimate of drug-likeness (QED) is 0.639. The fraction of sp³-hybridized carbons (Fsp3) is 0.167. The lowest BCUT2D eigenvalue weighted by molar-refractivity contribution is 0.414. The zero-order valence-electron chi connectivity index (χ0n) is 8.08. The highest BCUT2D eigenvalue weighted by molar-refractivity contribution is 5.59. The molecule has 0 aliphatic heterocycles. The molecule has 0 spiro atoms. The summed E-state index contributed by atoms with van der Waals surface area (Å²) in [5.41, 5.74) is 2.11. The molecule has 0 amide bonds. The lowest BCUT2D eigenvalue weighted by Gasteiger charge is -2.02. The summed E-state index contributed by atoms with van der Waals surface area (Å²) >= 11 is 0. The third kappa shape index (κ3) is 2.79. The van der Waals surface area contributed by atoms with Crippen molar-refractivity contribution in [1.82, 2.24) is 0 Å². The molecule has 0 unspecified atom stereocenters. The molecule has 0 atom stereocenters. The minimum absolute atomic E-state index is 0.889. The van der Waals surface area contributed by atoms with E-state index in [-0.39, 0.29) is 0 Å². The summed E-state index contributed by atoms with van der Waals surface area (Å²) in [7, 11) is 1.67. The van der Waals surface area contributed by atoms with E-state index in [0.29, 0.717) is 0 Å². The molecule has 0 heterocycles. The van der Waals surface area contributed by atoms with E-state index >= 15 is 0 Å². The van der Waals surface area contributed by atoms with Gasteiger partial charge in [-0.05, 0) is 13.0 Å². The maximum Gasteiger partial charge on any atom is 0.126 e. The average Bonchev–Trinajstić information content (AvgIpc) is 2.15. The maximum absolute atomic E-state index is 5.20. The summed E-state index contributed by atoms with van der Waals surface area (Å²) < 4.78 is 5.20. The second-order valence-electron chi connectivity index (χ2n) is 2.92. The molecular formula is C12H14O. The van der Waals surface area contributed by atoms with Crippen molar-refractivity contribution in [3.63, 3.8) is 0 Å². The molecule has 0 fully saturated rings. The largest absolute Gasteiger partial charge is 0.496 e. The fourth-order valence-electron chi connectivity index (χ4n) is 1.04. The molecule has 1 aromatic carbocycles. The fourth-order valence-corrected chi connectivity index (χ4v) is 1.04. The van der Waals surface area contributed by atoms with E-state index in [9.17, 15) is 0 Å².